The van der Waals surface area contributed by atoms with E-state index >= 15 is 0 Å². The van der Waals surface area contributed by atoms with E-state index in [1.165, 1.54) is 11.1 Å². The van der Waals surface area contributed by atoms with E-state index in [4.69, 9.17) is 16.9 Å². The molecule has 0 fully saturated rings. The number of aromatic nitrogens is 2. The van der Waals surface area contributed by atoms with Crippen molar-refractivity contribution in [2.75, 3.05) is 0 Å². The molecule has 0 radical (unpaired) electrons. The summed E-state index contributed by atoms with van der Waals surface area (Å²) in [4.78, 5) is 0. The molecule has 0 spiro atoms. The molecule has 0 amide bonds. The van der Waals surface area contributed by atoms with Crippen molar-refractivity contribution in [1.82, 2.24) is 4.57 Å². The van der Waals surface area contributed by atoms with Gasteiger partial charge in [0, 0.05) is 31.9 Å². The molecule has 3 nitrogen and oxygen atoms in total. The molecule has 182 valence electrons. The molecule has 1 heterocycles. The second-order valence-corrected chi connectivity index (χ2v) is 9.46. The summed E-state index contributed by atoms with van der Waals surface area (Å²) in [6.07, 6.45) is 2.16. The Morgan fingerprint density at radius 3 is 2.09 bits per heavy atom. The number of hydrogen-bond donors (Lipinski definition) is 0. The first-order valence-electron chi connectivity index (χ1n) is 11.4. The summed E-state index contributed by atoms with van der Waals surface area (Å²) >= 11 is 6.54. The zero-order valence-electron chi connectivity index (χ0n) is 21.5. The normalized spacial score (nSPS) is 12.4. The van der Waals surface area contributed by atoms with E-state index < -0.39 is 0 Å². The van der Waals surface area contributed by atoms with Crippen molar-refractivity contribution >= 4 is 17.3 Å². The molecule has 35 heavy (non-hydrogen) atoms. The van der Waals surface area contributed by atoms with Crippen molar-refractivity contribution in [3.8, 4) is 11.3 Å². The first-order valence-corrected chi connectivity index (χ1v) is 11.9. The van der Waals surface area contributed by atoms with Crippen molar-refractivity contribution in [1.29, 1.82) is 0 Å². The molecule has 0 bridgehead atoms. The van der Waals surface area contributed by atoms with Crippen molar-refractivity contribution in [2.45, 2.75) is 38.1 Å². The minimum Gasteiger partial charge on any atom is -0.668 e. The fourth-order valence-corrected chi connectivity index (χ4v) is 4.69. The third-order valence-electron chi connectivity index (χ3n) is 6.16. The smallest absolute Gasteiger partial charge is 0.236 e. The van der Waals surface area contributed by atoms with Crippen LogP contribution in [-0.2, 0) is 39.9 Å². The van der Waals surface area contributed by atoms with Crippen molar-refractivity contribution in [3.05, 3.63) is 120 Å². The van der Waals surface area contributed by atoms with Crippen molar-refractivity contribution < 1.29 is 30.4 Å². The number of hydrogen-bond acceptors (Lipinski definition) is 0. The minimum atomic E-state index is -0.187. The van der Waals surface area contributed by atoms with Crippen LogP contribution in [0.1, 0.15) is 60.6 Å². The second kappa shape index (κ2) is 12.7. The Kier molecular flexibility index (Phi) is 10.5. The monoisotopic (exact) mass is 651 g/mol. The number of aryl methyl sites for hydroxylation is 1. The van der Waals surface area contributed by atoms with Gasteiger partial charge in [-0.1, -0.05) is 62.4 Å². The van der Waals surface area contributed by atoms with Crippen LogP contribution >= 0.6 is 11.6 Å². The Morgan fingerprint density at radius 1 is 0.886 bits per heavy atom. The van der Waals surface area contributed by atoms with Crippen LogP contribution in [0.5, 0.6) is 0 Å². The molecule has 0 N–H and O–H groups in total. The summed E-state index contributed by atoms with van der Waals surface area (Å²) in [6.45, 7) is 6.47. The van der Waals surface area contributed by atoms with Gasteiger partial charge >= 0.3 is 0 Å². The van der Waals surface area contributed by atoms with E-state index in [0.29, 0.717) is 5.92 Å². The van der Waals surface area contributed by atoms with Crippen LogP contribution in [0.2, 0.25) is 0 Å². The average molecular weight is 651 g/mol. The van der Waals surface area contributed by atoms with Crippen LogP contribution in [0.3, 0.4) is 0 Å². The van der Waals surface area contributed by atoms with Gasteiger partial charge < -0.3 is 12.7 Å². The predicted octanol–water partition coefficient (Wildman–Crippen LogP) is 7.98. The largest absolute Gasteiger partial charge is 0.668 e. The van der Waals surface area contributed by atoms with Crippen LogP contribution in [-0.4, -0.2) is 4.57 Å². The third-order valence-corrected chi connectivity index (χ3v) is 6.39. The second-order valence-electron chi connectivity index (χ2n) is 8.81. The van der Waals surface area contributed by atoms with Gasteiger partial charge in [-0.3, -0.25) is 4.57 Å². The van der Waals surface area contributed by atoms with Gasteiger partial charge in [-0.25, -0.2) is 4.57 Å². The molecular weight excluding hydrogens is 616 g/mol. The molecular formula is C30H34ClHfN3-2. The molecule has 2 unspecified atom stereocenters. The molecule has 4 aromatic rings. The number of imidazole rings is 1. The summed E-state index contributed by atoms with van der Waals surface area (Å²) in [5.74, 6) is 1.49. The summed E-state index contributed by atoms with van der Waals surface area (Å²) in [6, 6.07) is 28.1. The first kappa shape index (κ1) is 29.1. The van der Waals surface area contributed by atoms with Gasteiger partial charge in [0.25, 0.3) is 0 Å². The van der Waals surface area contributed by atoms with E-state index in [0.717, 1.165) is 28.3 Å². The Labute approximate surface area is 235 Å². The number of para-hydroxylation sites is 1. The Hall–Kier alpha value is -2.17. The van der Waals surface area contributed by atoms with Crippen LogP contribution in [0.15, 0.2) is 79.0 Å². The molecule has 5 heteroatoms. The molecule has 1 aromatic heterocycles. The van der Waals surface area contributed by atoms with Crippen LogP contribution < -0.4 is 4.57 Å². The van der Waals surface area contributed by atoms with Gasteiger partial charge in [0.15, 0.2) is 0 Å². The molecule has 4 rings (SSSR count). The Morgan fingerprint density at radius 2 is 1.49 bits per heavy atom. The predicted molar refractivity (Wildman–Crippen MR) is 143 cm³/mol. The van der Waals surface area contributed by atoms with Gasteiger partial charge in [0.1, 0.15) is 0 Å². The molecule has 0 aliphatic heterocycles. The topological polar surface area (TPSA) is 22.9 Å². The number of nitrogens with zero attached hydrogens (tertiary/aromatic N) is 3. The van der Waals surface area contributed by atoms with E-state index in [1.807, 2.05) is 37.3 Å². The SMILES string of the molecule is CC(C)c1ccccc1C([N-]c1ccccc1C(C)Cl)c1n(C)c(-c2[c-]cccc2)c[n+]1C.[CH3-].[Hf]. The summed E-state index contributed by atoms with van der Waals surface area (Å²) in [5.41, 5.74) is 6.65. The van der Waals surface area contributed by atoms with E-state index in [-0.39, 0.29) is 44.7 Å². The van der Waals surface area contributed by atoms with Crippen LogP contribution in [0.4, 0.5) is 5.69 Å². The standard InChI is InChI=1S/C29H31ClN3.CH3.Hf/c1-20(2)23-15-9-10-17-25(23)28(31-26-18-12-11-16-24(26)21(3)30)29-32(4)19-27(33(29)5)22-13-7-6-8-14-22;;/h6-13,15-21,28H,1-5H3;1H3;/q2*-1;. The third kappa shape index (κ3) is 6.16. The molecule has 0 aliphatic carbocycles. The number of halogens is 1. The van der Waals surface area contributed by atoms with Crippen molar-refractivity contribution in [2.24, 2.45) is 14.1 Å². The fourth-order valence-electron chi connectivity index (χ4n) is 4.51. The summed E-state index contributed by atoms with van der Waals surface area (Å²) < 4.78 is 4.43. The van der Waals surface area contributed by atoms with Crippen LogP contribution in [0, 0.1) is 13.5 Å². The zero-order chi connectivity index (χ0) is 23.5. The van der Waals surface area contributed by atoms with Gasteiger partial charge in [0.05, 0.1) is 31.4 Å². The minimum absolute atomic E-state index is 0. The fraction of sp³-hybridized carbons (Fsp3) is 0.267. The molecule has 3 aromatic carbocycles. The van der Waals surface area contributed by atoms with Gasteiger partial charge in [-0.15, -0.1) is 53.2 Å². The maximum Gasteiger partial charge on any atom is 0.236 e. The van der Waals surface area contributed by atoms with Gasteiger partial charge in [-0.05, 0) is 29.5 Å². The van der Waals surface area contributed by atoms with Crippen LogP contribution in [0.25, 0.3) is 16.6 Å². The molecule has 0 saturated carbocycles. The number of rotatable bonds is 7. The molecule has 0 saturated heterocycles. The first-order chi connectivity index (χ1) is 15.9. The maximum atomic E-state index is 6.54. The number of alkyl halides is 1. The molecule has 0 aliphatic rings. The summed E-state index contributed by atoms with van der Waals surface area (Å²) in [7, 11) is 4.21. The molecule has 2 atom stereocenters. The van der Waals surface area contributed by atoms with Gasteiger partial charge in [0.2, 0.25) is 5.82 Å². The van der Waals surface area contributed by atoms with Gasteiger partial charge in [-0.2, -0.15) is 0 Å². The Bertz CT molecular complexity index is 1230. The number of benzene rings is 3. The van der Waals surface area contributed by atoms with E-state index in [2.05, 4.69) is 91.8 Å². The summed E-state index contributed by atoms with van der Waals surface area (Å²) in [5, 5.41) is 5.23. The van der Waals surface area contributed by atoms with E-state index in [9.17, 15) is 0 Å². The van der Waals surface area contributed by atoms with E-state index in [1.54, 1.807) is 0 Å². The maximum absolute atomic E-state index is 6.54. The van der Waals surface area contributed by atoms with Crippen molar-refractivity contribution in [3.63, 3.8) is 0 Å². The zero-order valence-corrected chi connectivity index (χ0v) is 25.8. The quantitative estimate of drug-likeness (QED) is 0.0839. The Balaban J connectivity index is 0.00000216. The average Bonchev–Trinajstić information content (AvgIpc) is 3.12.